The lowest BCUT2D eigenvalue weighted by molar-refractivity contribution is -0.870. The van der Waals surface area contributed by atoms with Crippen LogP contribution in [-0.2, 0) is 18.4 Å². The van der Waals surface area contributed by atoms with Crippen molar-refractivity contribution in [3.8, 4) is 0 Å². The highest BCUT2D eigenvalue weighted by Gasteiger charge is 2.23. The Kier molecular flexibility index (Phi) is 47.8. The van der Waals surface area contributed by atoms with Gasteiger partial charge in [-0.2, -0.15) is 0 Å². The second-order valence-corrected chi connectivity index (χ2v) is 22.0. The highest BCUT2D eigenvalue weighted by Crippen LogP contribution is 2.38. The van der Waals surface area contributed by atoms with E-state index in [2.05, 4.69) is 43.5 Å². The van der Waals surface area contributed by atoms with Crippen molar-refractivity contribution in [2.45, 2.75) is 283 Å². The minimum absolute atomic E-state index is 0.00666. The van der Waals surface area contributed by atoms with Crippen molar-refractivity contribution in [1.82, 2.24) is 5.32 Å². The summed E-state index contributed by atoms with van der Waals surface area (Å²) in [5.41, 5.74) is 0. The van der Waals surface area contributed by atoms with Crippen LogP contribution < -0.4 is 10.2 Å². The molecule has 0 heterocycles. The maximum atomic E-state index is 12.9. The highest BCUT2D eigenvalue weighted by atomic mass is 31.2. The standard InChI is InChI=1S/C57H111N2O6P/c1-6-8-10-12-14-16-18-20-22-24-26-27-28-29-30-31-33-34-36-38-40-42-44-46-48-50-56(60)55(54-65-66(62,63)64-53-52-59(3,4)5)58-57(61)51-49-47-45-43-41-39-37-35-32-25-23-21-19-17-15-13-11-9-7-2/h25,32,40,42,48,50,55-56,60H,6-24,26-31,33-39,41,43-47,49,51-54H2,1-5H3,(H-,58,61,62,63)/b32-25-,42-40+,50-48+. The van der Waals surface area contributed by atoms with Crippen LogP contribution in [0.15, 0.2) is 36.5 Å². The fourth-order valence-corrected chi connectivity index (χ4v) is 9.06. The lowest BCUT2D eigenvalue weighted by Gasteiger charge is -2.29. The number of phosphoric ester groups is 1. The van der Waals surface area contributed by atoms with E-state index in [9.17, 15) is 19.4 Å². The first-order chi connectivity index (χ1) is 32.0. The van der Waals surface area contributed by atoms with E-state index in [0.717, 1.165) is 38.5 Å². The first kappa shape index (κ1) is 64.7. The van der Waals surface area contributed by atoms with Gasteiger partial charge in [-0.25, -0.2) is 0 Å². The Bertz CT molecular complexity index is 1170. The lowest BCUT2D eigenvalue weighted by Crippen LogP contribution is -2.45. The molecule has 0 aliphatic rings. The van der Waals surface area contributed by atoms with Gasteiger partial charge in [0.1, 0.15) is 13.2 Å². The summed E-state index contributed by atoms with van der Waals surface area (Å²) in [7, 11) is 1.25. The molecule has 3 atom stereocenters. The monoisotopic (exact) mass is 951 g/mol. The predicted octanol–water partition coefficient (Wildman–Crippen LogP) is 16.4. The van der Waals surface area contributed by atoms with Crippen molar-refractivity contribution in [3.63, 3.8) is 0 Å². The number of likely N-dealkylation sites (N-methyl/N-ethyl adjacent to an activating group) is 1. The molecule has 390 valence electrons. The molecule has 1 amide bonds. The Morgan fingerprint density at radius 1 is 0.515 bits per heavy atom. The number of hydrogen-bond donors (Lipinski definition) is 2. The van der Waals surface area contributed by atoms with Gasteiger partial charge >= 0.3 is 0 Å². The molecule has 0 rings (SSSR count). The fourth-order valence-electron chi connectivity index (χ4n) is 8.34. The molecule has 3 unspecified atom stereocenters. The summed E-state index contributed by atoms with van der Waals surface area (Å²) in [6.45, 7) is 4.65. The number of amides is 1. The van der Waals surface area contributed by atoms with Crippen LogP contribution in [0.2, 0.25) is 0 Å². The van der Waals surface area contributed by atoms with Crippen molar-refractivity contribution in [1.29, 1.82) is 0 Å². The van der Waals surface area contributed by atoms with Crippen molar-refractivity contribution in [2.24, 2.45) is 0 Å². The molecule has 0 aliphatic heterocycles. The van der Waals surface area contributed by atoms with Crippen LogP contribution in [0.4, 0.5) is 0 Å². The summed E-state index contributed by atoms with van der Waals surface area (Å²) in [6.07, 6.45) is 62.2. The zero-order valence-corrected chi connectivity index (χ0v) is 45.3. The SMILES string of the molecule is CCCCCCCCCC/C=C\CCCCCCCCCC(=O)NC(COP(=O)([O-])OCC[N+](C)(C)C)C(O)/C=C/CC/C=C/CCCCCCCCCCCCCCCCCCCCC. The van der Waals surface area contributed by atoms with Gasteiger partial charge in [0.2, 0.25) is 5.91 Å². The fraction of sp³-hybridized carbons (Fsp3) is 0.877. The van der Waals surface area contributed by atoms with Gasteiger partial charge in [0.15, 0.2) is 0 Å². The van der Waals surface area contributed by atoms with Crippen molar-refractivity contribution in [3.05, 3.63) is 36.5 Å². The van der Waals surface area contributed by atoms with Crippen molar-refractivity contribution in [2.75, 3.05) is 40.9 Å². The normalized spacial score (nSPS) is 14.2. The number of aliphatic hydroxyl groups is 1. The third kappa shape index (κ3) is 50.6. The second-order valence-electron chi connectivity index (χ2n) is 20.6. The molecule has 8 nitrogen and oxygen atoms in total. The molecule has 2 N–H and O–H groups in total. The minimum atomic E-state index is -4.60. The average Bonchev–Trinajstić information content (AvgIpc) is 3.28. The van der Waals surface area contributed by atoms with Gasteiger partial charge in [-0.15, -0.1) is 0 Å². The quantitative estimate of drug-likeness (QED) is 0.0272. The summed E-state index contributed by atoms with van der Waals surface area (Å²) < 4.78 is 23.3. The average molecular weight is 951 g/mol. The number of allylic oxidation sites excluding steroid dienone is 5. The third-order valence-electron chi connectivity index (χ3n) is 12.8. The maximum Gasteiger partial charge on any atom is 0.268 e. The largest absolute Gasteiger partial charge is 0.756 e. The minimum Gasteiger partial charge on any atom is -0.756 e. The number of phosphoric acid groups is 1. The number of carbonyl (C=O) groups excluding carboxylic acids is 1. The number of hydrogen-bond acceptors (Lipinski definition) is 6. The maximum absolute atomic E-state index is 12.9. The summed E-state index contributed by atoms with van der Waals surface area (Å²) in [4.78, 5) is 25.5. The summed E-state index contributed by atoms with van der Waals surface area (Å²) >= 11 is 0. The van der Waals surface area contributed by atoms with Gasteiger partial charge in [0.05, 0.1) is 39.9 Å². The molecule has 0 aromatic heterocycles. The van der Waals surface area contributed by atoms with Crippen molar-refractivity contribution >= 4 is 13.7 Å². The Morgan fingerprint density at radius 2 is 0.848 bits per heavy atom. The molecule has 0 bridgehead atoms. The summed E-state index contributed by atoms with van der Waals surface area (Å²) in [6, 6.07) is -0.905. The van der Waals surface area contributed by atoms with Crippen molar-refractivity contribution < 1.29 is 32.9 Å². The van der Waals surface area contributed by atoms with Crippen LogP contribution in [0.5, 0.6) is 0 Å². The predicted molar refractivity (Wildman–Crippen MR) is 284 cm³/mol. The summed E-state index contributed by atoms with van der Waals surface area (Å²) in [5.74, 6) is -0.209. The van der Waals surface area contributed by atoms with Gasteiger partial charge in [0, 0.05) is 6.42 Å². The zero-order valence-electron chi connectivity index (χ0n) is 44.4. The molecule has 0 aliphatic carbocycles. The number of nitrogens with zero attached hydrogens (tertiary/aromatic N) is 1. The second kappa shape index (κ2) is 48.7. The van der Waals surface area contributed by atoms with E-state index >= 15 is 0 Å². The van der Waals surface area contributed by atoms with Gasteiger partial charge in [-0.1, -0.05) is 243 Å². The number of rotatable bonds is 52. The first-order valence-corrected chi connectivity index (χ1v) is 29.8. The van der Waals surface area contributed by atoms with Crippen LogP contribution in [0.25, 0.3) is 0 Å². The van der Waals surface area contributed by atoms with Crippen LogP contribution in [0.3, 0.4) is 0 Å². The molecule has 0 spiro atoms. The molecule has 0 saturated heterocycles. The van der Waals surface area contributed by atoms with Crippen LogP contribution in [0, 0.1) is 0 Å². The first-order valence-electron chi connectivity index (χ1n) is 28.4. The van der Waals surface area contributed by atoms with E-state index < -0.39 is 26.6 Å². The molecule has 0 saturated carbocycles. The highest BCUT2D eigenvalue weighted by molar-refractivity contribution is 7.45. The van der Waals surface area contributed by atoms with E-state index in [0.29, 0.717) is 17.4 Å². The summed E-state index contributed by atoms with van der Waals surface area (Å²) in [5, 5.41) is 13.9. The van der Waals surface area contributed by atoms with Gasteiger partial charge in [0.25, 0.3) is 7.82 Å². The van der Waals surface area contributed by atoms with Gasteiger partial charge < -0.3 is 28.8 Å². The topological polar surface area (TPSA) is 108 Å². The number of aliphatic hydroxyl groups excluding tert-OH is 1. The number of nitrogens with one attached hydrogen (secondary N) is 1. The molecular weight excluding hydrogens is 840 g/mol. The Hall–Kier alpha value is -1.28. The number of quaternary nitrogens is 1. The Labute approximate surface area is 410 Å². The Morgan fingerprint density at radius 3 is 1.23 bits per heavy atom. The van der Waals surface area contributed by atoms with E-state index in [1.165, 1.54) is 212 Å². The molecule has 0 fully saturated rings. The molecule has 0 aromatic rings. The molecular formula is C57H111N2O6P. The molecule has 0 radical (unpaired) electrons. The van der Waals surface area contributed by atoms with Crippen LogP contribution >= 0.6 is 7.82 Å². The van der Waals surface area contributed by atoms with E-state index in [1.807, 2.05) is 27.2 Å². The number of carbonyl (C=O) groups is 1. The lowest BCUT2D eigenvalue weighted by atomic mass is 10.0. The van der Waals surface area contributed by atoms with Gasteiger partial charge in [-0.05, 0) is 57.8 Å². The smallest absolute Gasteiger partial charge is 0.268 e. The molecule has 9 heteroatoms. The van der Waals surface area contributed by atoms with E-state index in [4.69, 9.17) is 9.05 Å². The third-order valence-corrected chi connectivity index (χ3v) is 13.8. The zero-order chi connectivity index (χ0) is 48.5. The van der Waals surface area contributed by atoms with Crippen LogP contribution in [-0.4, -0.2) is 68.5 Å². The van der Waals surface area contributed by atoms with Crippen LogP contribution in [0.1, 0.15) is 271 Å². The number of unbranched alkanes of at least 4 members (excludes halogenated alkanes) is 35. The molecule has 0 aromatic carbocycles. The molecule has 66 heavy (non-hydrogen) atoms. The van der Waals surface area contributed by atoms with E-state index in [-0.39, 0.29) is 12.5 Å². The Balaban J connectivity index is 4.27. The van der Waals surface area contributed by atoms with E-state index in [1.54, 1.807) is 6.08 Å². The van der Waals surface area contributed by atoms with Gasteiger partial charge in [-0.3, -0.25) is 9.36 Å².